The highest BCUT2D eigenvalue weighted by atomic mass is 79.9. The van der Waals surface area contributed by atoms with Gasteiger partial charge in [0.15, 0.2) is 6.54 Å². The van der Waals surface area contributed by atoms with Crippen molar-refractivity contribution in [3.05, 3.63) is 64.6 Å². The van der Waals surface area contributed by atoms with Crippen molar-refractivity contribution in [3.63, 3.8) is 0 Å². The largest absolute Gasteiger partial charge is 0.332 e. The Morgan fingerprint density at radius 3 is 2.38 bits per heavy atom. The molecule has 0 aliphatic carbocycles. The van der Waals surface area contributed by atoms with Crippen LogP contribution in [0.1, 0.15) is 24.9 Å². The molecule has 0 fully saturated rings. The zero-order valence-corrected chi connectivity index (χ0v) is 15.0. The van der Waals surface area contributed by atoms with Gasteiger partial charge in [0.1, 0.15) is 6.04 Å². The Balaban J connectivity index is 1.81. The highest BCUT2D eigenvalue weighted by molar-refractivity contribution is 9.10. The first kappa shape index (κ1) is 18.2. The van der Waals surface area contributed by atoms with Gasteiger partial charge in [-0.1, -0.05) is 53.2 Å². The maximum atomic E-state index is 11.9. The quantitative estimate of drug-likeness (QED) is 0.709. The topological polar surface area (TPSA) is 74.8 Å². The standard InChI is InChI=1S/C18H20BrN3O2/c1-2-16(13-8-10-14(19)11-9-13)20-12-17(23)22-18(24)21-15-6-4-3-5-7-15/h3-11,16,20H,2,12H2,1H3,(H2,21,22,23,24)/p+1/t16-/m1/s1. The summed E-state index contributed by atoms with van der Waals surface area (Å²) in [6.07, 6.45) is 0.894. The molecule has 0 saturated carbocycles. The SMILES string of the molecule is CC[C@@H]([NH2+]CC(=O)NC(=O)Nc1ccccc1)c1ccc(Br)cc1. The fourth-order valence-electron chi connectivity index (χ4n) is 2.36. The van der Waals surface area contributed by atoms with Gasteiger partial charge >= 0.3 is 6.03 Å². The zero-order chi connectivity index (χ0) is 17.4. The van der Waals surface area contributed by atoms with Crippen molar-refractivity contribution in [2.24, 2.45) is 0 Å². The molecular weight excluding hydrogens is 370 g/mol. The van der Waals surface area contributed by atoms with Gasteiger partial charge in [-0.2, -0.15) is 0 Å². The fourth-order valence-corrected chi connectivity index (χ4v) is 2.62. The minimum atomic E-state index is -0.517. The number of carbonyl (C=O) groups excluding carboxylic acids is 2. The lowest BCUT2D eigenvalue weighted by molar-refractivity contribution is -0.686. The number of carbonyl (C=O) groups is 2. The number of nitrogens with two attached hydrogens (primary N) is 1. The van der Waals surface area contributed by atoms with Crippen LogP contribution in [0, 0.1) is 0 Å². The van der Waals surface area contributed by atoms with Crippen LogP contribution in [0.5, 0.6) is 0 Å². The second-order valence-corrected chi connectivity index (χ2v) is 6.29. The number of hydrogen-bond acceptors (Lipinski definition) is 2. The molecule has 1 atom stereocenters. The Morgan fingerprint density at radius 1 is 1.08 bits per heavy atom. The van der Waals surface area contributed by atoms with E-state index in [9.17, 15) is 9.59 Å². The molecule has 3 amide bonds. The van der Waals surface area contributed by atoms with Gasteiger partial charge in [-0.15, -0.1) is 0 Å². The van der Waals surface area contributed by atoms with E-state index in [-0.39, 0.29) is 18.5 Å². The van der Waals surface area contributed by atoms with Crippen molar-refractivity contribution in [1.29, 1.82) is 0 Å². The molecule has 24 heavy (non-hydrogen) atoms. The number of rotatable bonds is 6. The van der Waals surface area contributed by atoms with Crippen molar-refractivity contribution in [3.8, 4) is 0 Å². The van der Waals surface area contributed by atoms with Crippen LogP contribution in [-0.2, 0) is 4.79 Å². The van der Waals surface area contributed by atoms with Gasteiger partial charge in [0.2, 0.25) is 0 Å². The molecule has 5 nitrogen and oxygen atoms in total. The molecule has 2 aromatic carbocycles. The minimum absolute atomic E-state index is 0.182. The van der Waals surface area contributed by atoms with Gasteiger partial charge in [0.25, 0.3) is 5.91 Å². The summed E-state index contributed by atoms with van der Waals surface area (Å²) in [7, 11) is 0. The lowest BCUT2D eigenvalue weighted by Crippen LogP contribution is -2.87. The zero-order valence-electron chi connectivity index (χ0n) is 13.5. The first-order valence-electron chi connectivity index (χ1n) is 7.83. The Bertz CT molecular complexity index is 674. The average molecular weight is 391 g/mol. The number of para-hydroxylation sites is 1. The number of nitrogens with one attached hydrogen (secondary N) is 2. The molecule has 126 valence electrons. The lowest BCUT2D eigenvalue weighted by atomic mass is 10.0. The molecule has 0 heterocycles. The minimum Gasteiger partial charge on any atom is -0.332 e. The van der Waals surface area contributed by atoms with E-state index in [0.717, 1.165) is 16.5 Å². The maximum Gasteiger partial charge on any atom is 0.326 e. The van der Waals surface area contributed by atoms with Crippen LogP contribution >= 0.6 is 15.9 Å². The molecule has 0 bridgehead atoms. The number of urea groups is 1. The number of hydrogen-bond donors (Lipinski definition) is 3. The number of halogens is 1. The van der Waals surface area contributed by atoms with Gasteiger partial charge in [-0.25, -0.2) is 4.79 Å². The predicted molar refractivity (Wildman–Crippen MR) is 97.6 cm³/mol. The smallest absolute Gasteiger partial charge is 0.326 e. The normalized spacial score (nSPS) is 11.6. The second kappa shape index (κ2) is 9.20. The van der Waals surface area contributed by atoms with E-state index in [4.69, 9.17) is 0 Å². The molecule has 0 aliphatic heterocycles. The molecule has 0 saturated heterocycles. The summed E-state index contributed by atoms with van der Waals surface area (Å²) < 4.78 is 1.02. The number of amides is 3. The third-order valence-corrected chi connectivity index (χ3v) is 4.14. The summed E-state index contributed by atoms with van der Waals surface area (Å²) in [5.41, 5.74) is 1.80. The monoisotopic (exact) mass is 390 g/mol. The van der Waals surface area contributed by atoms with Crippen molar-refractivity contribution >= 4 is 33.6 Å². The van der Waals surface area contributed by atoms with E-state index in [1.54, 1.807) is 12.1 Å². The number of anilines is 1. The van der Waals surface area contributed by atoms with E-state index < -0.39 is 6.03 Å². The fraction of sp³-hybridized carbons (Fsp3) is 0.222. The average Bonchev–Trinajstić information content (AvgIpc) is 2.57. The van der Waals surface area contributed by atoms with Gasteiger partial charge < -0.3 is 10.6 Å². The summed E-state index contributed by atoms with van der Waals surface area (Å²) >= 11 is 3.41. The van der Waals surface area contributed by atoms with Gasteiger partial charge in [-0.05, 0) is 24.3 Å². The Kier molecular flexibility index (Phi) is 6.96. The van der Waals surface area contributed by atoms with Crippen LogP contribution in [0.25, 0.3) is 0 Å². The number of quaternary nitrogens is 1. The van der Waals surface area contributed by atoms with Gasteiger partial charge in [0.05, 0.1) is 0 Å². The first-order chi connectivity index (χ1) is 11.6. The Morgan fingerprint density at radius 2 is 1.75 bits per heavy atom. The lowest BCUT2D eigenvalue weighted by Gasteiger charge is -2.14. The van der Waals surface area contributed by atoms with Crippen LogP contribution in [0.2, 0.25) is 0 Å². The predicted octanol–water partition coefficient (Wildman–Crippen LogP) is 2.81. The van der Waals surface area contributed by atoms with Crippen LogP contribution in [-0.4, -0.2) is 18.5 Å². The summed E-state index contributed by atoms with van der Waals surface area (Å²) in [6.45, 7) is 2.26. The van der Waals surface area contributed by atoms with Gasteiger partial charge in [-0.3, -0.25) is 10.1 Å². The molecule has 0 aliphatic rings. The molecule has 0 aromatic heterocycles. The Hall–Kier alpha value is -2.18. The molecule has 4 N–H and O–H groups in total. The summed E-state index contributed by atoms with van der Waals surface area (Å²) in [5, 5.41) is 6.90. The third-order valence-electron chi connectivity index (χ3n) is 3.61. The van der Waals surface area contributed by atoms with Crippen molar-refractivity contribution in [2.75, 3.05) is 11.9 Å². The van der Waals surface area contributed by atoms with Crippen LogP contribution < -0.4 is 16.0 Å². The number of imide groups is 1. The van der Waals surface area contributed by atoms with Crippen LogP contribution in [0.15, 0.2) is 59.1 Å². The van der Waals surface area contributed by atoms with Crippen molar-refractivity contribution in [2.45, 2.75) is 19.4 Å². The highest BCUT2D eigenvalue weighted by Gasteiger charge is 2.16. The maximum absolute atomic E-state index is 11.9. The number of benzene rings is 2. The molecule has 6 heteroatoms. The van der Waals surface area contributed by atoms with Crippen molar-refractivity contribution in [1.82, 2.24) is 5.32 Å². The highest BCUT2D eigenvalue weighted by Crippen LogP contribution is 2.16. The summed E-state index contributed by atoms with van der Waals surface area (Å²) in [4.78, 5) is 23.7. The van der Waals surface area contributed by atoms with E-state index in [1.165, 1.54) is 0 Å². The molecule has 0 radical (unpaired) electrons. The molecular formula is C18H21BrN3O2+. The van der Waals surface area contributed by atoms with Crippen molar-refractivity contribution < 1.29 is 14.9 Å². The van der Waals surface area contributed by atoms with E-state index >= 15 is 0 Å². The van der Waals surface area contributed by atoms with Crippen LogP contribution in [0.3, 0.4) is 0 Å². The third kappa shape index (κ3) is 5.79. The molecule has 0 unspecified atom stereocenters. The first-order valence-corrected chi connectivity index (χ1v) is 8.62. The summed E-state index contributed by atoms with van der Waals surface area (Å²) in [5.74, 6) is -0.320. The molecule has 2 rings (SSSR count). The van der Waals surface area contributed by atoms with E-state index in [1.807, 2.05) is 47.8 Å². The molecule has 2 aromatic rings. The Labute approximate surface area is 150 Å². The summed E-state index contributed by atoms with van der Waals surface area (Å²) in [6, 6.07) is 16.7. The van der Waals surface area contributed by atoms with Crippen LogP contribution in [0.4, 0.5) is 10.5 Å². The van der Waals surface area contributed by atoms with Gasteiger partial charge in [0, 0.05) is 22.1 Å². The molecule has 0 spiro atoms. The van der Waals surface area contributed by atoms with E-state index in [0.29, 0.717) is 5.69 Å². The van der Waals surface area contributed by atoms with E-state index in [2.05, 4.69) is 33.5 Å². The second-order valence-electron chi connectivity index (χ2n) is 5.37.